The molecule has 27 heavy (non-hydrogen) atoms. The van der Waals surface area contributed by atoms with E-state index in [0.717, 1.165) is 67.6 Å². The molecule has 0 aromatic rings. The molecule has 0 saturated carbocycles. The van der Waals surface area contributed by atoms with Crippen molar-refractivity contribution in [3.05, 3.63) is 10.7 Å². The summed E-state index contributed by atoms with van der Waals surface area (Å²) in [6, 6.07) is 0. The van der Waals surface area contributed by atoms with E-state index in [4.69, 9.17) is 9.73 Å². The summed E-state index contributed by atoms with van der Waals surface area (Å²) in [6.07, 6.45) is 4.30. The summed E-state index contributed by atoms with van der Waals surface area (Å²) in [4.78, 5) is 30.1. The molecule has 1 N–H and O–H groups in total. The van der Waals surface area contributed by atoms with Gasteiger partial charge in [-0.05, 0) is 56.2 Å². The van der Waals surface area contributed by atoms with Crippen LogP contribution in [0.5, 0.6) is 0 Å². The van der Waals surface area contributed by atoms with Gasteiger partial charge in [-0.25, -0.2) is 9.79 Å². The van der Waals surface area contributed by atoms with E-state index in [-0.39, 0.29) is 18.5 Å². The standard InChI is InChI=1S/C19H29N3O4S/c1-14-19(27(13-23)18(21-14)15-3-8-20-9-4-15)22-10-5-16(6-11-22)26-12-7-17(24)25-2/h15-16,20H,3-12H2,1-2H3. The molecule has 7 nitrogen and oxygen atoms in total. The number of hydrogen-bond donors (Lipinski definition) is 1. The number of aliphatic imine (C=N–C) groups is 1. The number of likely N-dealkylation sites (tertiary alicyclic amines) is 1. The maximum atomic E-state index is 11.8. The predicted octanol–water partition coefficient (Wildman–Crippen LogP) is 1.97. The number of ether oxygens (including phenoxy) is 2. The van der Waals surface area contributed by atoms with Gasteiger partial charge in [-0.15, -0.1) is 0 Å². The van der Waals surface area contributed by atoms with E-state index in [1.54, 1.807) is 0 Å². The molecule has 0 spiro atoms. The molecule has 0 amide bonds. The Bertz CT molecular complexity index is 670. The smallest absolute Gasteiger partial charge is 0.307 e. The number of rotatable bonds is 6. The number of nitrogens with zero attached hydrogens (tertiary/aromatic N) is 2. The zero-order chi connectivity index (χ0) is 19.2. The number of hydrogen-bond acceptors (Lipinski definition) is 7. The monoisotopic (exact) mass is 395 g/mol. The van der Waals surface area contributed by atoms with Crippen LogP contribution in [-0.2, 0) is 19.1 Å². The molecule has 1 atom stereocenters. The highest BCUT2D eigenvalue weighted by Gasteiger charge is 2.33. The van der Waals surface area contributed by atoms with Crippen LogP contribution in [0.2, 0.25) is 0 Å². The molecular weight excluding hydrogens is 366 g/mol. The maximum Gasteiger partial charge on any atom is 0.307 e. The number of piperidine rings is 2. The van der Waals surface area contributed by atoms with Crippen molar-refractivity contribution in [1.29, 1.82) is 0 Å². The molecule has 0 aliphatic carbocycles. The minimum absolute atomic E-state index is 0.153. The van der Waals surface area contributed by atoms with Crippen molar-refractivity contribution in [2.75, 3.05) is 39.9 Å². The van der Waals surface area contributed by atoms with Crippen LogP contribution in [0.1, 0.15) is 39.0 Å². The van der Waals surface area contributed by atoms with Gasteiger partial charge < -0.3 is 19.7 Å². The van der Waals surface area contributed by atoms with Gasteiger partial charge in [-0.1, -0.05) is 0 Å². The predicted molar refractivity (Wildman–Crippen MR) is 106 cm³/mol. The van der Waals surface area contributed by atoms with Crippen molar-refractivity contribution >= 4 is 26.7 Å². The highest BCUT2D eigenvalue weighted by molar-refractivity contribution is 8.30. The molecule has 2 fully saturated rings. The van der Waals surface area contributed by atoms with Gasteiger partial charge in [0.2, 0.25) is 0 Å². The van der Waals surface area contributed by atoms with Crippen LogP contribution in [0, 0.1) is 5.92 Å². The Kier molecular flexibility index (Phi) is 7.24. The zero-order valence-corrected chi connectivity index (χ0v) is 17.0. The minimum Gasteiger partial charge on any atom is -0.469 e. The molecule has 2 saturated heterocycles. The van der Waals surface area contributed by atoms with Crippen LogP contribution in [-0.4, -0.2) is 67.1 Å². The lowest BCUT2D eigenvalue weighted by Gasteiger charge is -2.35. The van der Waals surface area contributed by atoms with Crippen molar-refractivity contribution in [3.63, 3.8) is 0 Å². The summed E-state index contributed by atoms with van der Waals surface area (Å²) in [6.45, 7) is 6.07. The van der Waals surface area contributed by atoms with Crippen LogP contribution in [0.25, 0.3) is 0 Å². The van der Waals surface area contributed by atoms with E-state index in [9.17, 15) is 9.59 Å². The Labute approximate surface area is 163 Å². The molecule has 3 aliphatic heterocycles. The Morgan fingerprint density at radius 1 is 1.30 bits per heavy atom. The fourth-order valence-electron chi connectivity index (χ4n) is 3.91. The first-order valence-electron chi connectivity index (χ1n) is 9.69. The molecule has 0 aromatic carbocycles. The molecule has 3 rings (SSSR count). The Morgan fingerprint density at radius 2 is 2.00 bits per heavy atom. The lowest BCUT2D eigenvalue weighted by molar-refractivity contribution is -0.142. The Morgan fingerprint density at radius 3 is 2.63 bits per heavy atom. The lowest BCUT2D eigenvalue weighted by Crippen LogP contribution is -2.37. The van der Waals surface area contributed by atoms with Crippen molar-refractivity contribution in [1.82, 2.24) is 10.2 Å². The van der Waals surface area contributed by atoms with Crippen LogP contribution in [0.15, 0.2) is 15.7 Å². The topological polar surface area (TPSA) is 80.2 Å². The fourth-order valence-corrected chi connectivity index (χ4v) is 5.85. The number of carbonyl (C=O) groups is 1. The van der Waals surface area contributed by atoms with Gasteiger partial charge in [0, 0.05) is 19.0 Å². The van der Waals surface area contributed by atoms with Gasteiger partial charge in [-0.3, -0.25) is 4.79 Å². The van der Waals surface area contributed by atoms with Gasteiger partial charge in [0.1, 0.15) is 5.03 Å². The van der Waals surface area contributed by atoms with Crippen molar-refractivity contribution < 1.29 is 19.1 Å². The van der Waals surface area contributed by atoms with Crippen LogP contribution >= 0.6 is 10.5 Å². The molecule has 3 heterocycles. The van der Waals surface area contributed by atoms with E-state index in [1.165, 1.54) is 7.11 Å². The molecule has 0 bridgehead atoms. The number of esters is 1. The average Bonchev–Trinajstić information content (AvgIpc) is 3.05. The lowest BCUT2D eigenvalue weighted by atomic mass is 9.99. The molecule has 8 heteroatoms. The van der Waals surface area contributed by atoms with E-state index < -0.39 is 10.5 Å². The van der Waals surface area contributed by atoms with Crippen LogP contribution < -0.4 is 5.32 Å². The third-order valence-electron chi connectivity index (χ3n) is 5.38. The van der Waals surface area contributed by atoms with Gasteiger partial charge in [0.25, 0.3) is 0 Å². The second kappa shape index (κ2) is 9.64. The number of nitrogens with one attached hydrogen (secondary N) is 1. The summed E-state index contributed by atoms with van der Waals surface area (Å²) in [7, 11) is 0.750. The SMILES string of the molecule is COC(=O)CCOC1CCN(C2=C(C)N=C(C3CCNCC3)S2=C=O)CC1. The van der Waals surface area contributed by atoms with Gasteiger partial charge >= 0.3 is 5.97 Å². The number of carbonyl (C=O) groups excluding carboxylic acids is 2. The molecule has 0 radical (unpaired) electrons. The number of methoxy groups -OCH3 is 1. The normalized spacial score (nSPS) is 24.7. The summed E-state index contributed by atoms with van der Waals surface area (Å²) < 4.78 is 10.4. The Balaban J connectivity index is 1.55. The molecule has 150 valence electrons. The zero-order valence-electron chi connectivity index (χ0n) is 16.2. The fraction of sp³-hybridized carbons (Fsp3) is 0.737. The summed E-state index contributed by atoms with van der Waals surface area (Å²) in [5, 5.41) is 7.77. The molecule has 1 unspecified atom stereocenters. The van der Waals surface area contributed by atoms with Gasteiger partial charge in [0.05, 0.1) is 37.0 Å². The maximum absolute atomic E-state index is 11.8. The van der Waals surface area contributed by atoms with Gasteiger partial charge in [0.15, 0.2) is 5.23 Å². The van der Waals surface area contributed by atoms with E-state index in [2.05, 4.69) is 20.2 Å². The third-order valence-corrected chi connectivity index (χ3v) is 7.33. The second-order valence-electron chi connectivity index (χ2n) is 7.14. The first-order valence-corrected chi connectivity index (χ1v) is 10.9. The van der Waals surface area contributed by atoms with Crippen LogP contribution in [0.4, 0.5) is 0 Å². The largest absolute Gasteiger partial charge is 0.469 e. The highest BCUT2D eigenvalue weighted by atomic mass is 32.2. The summed E-state index contributed by atoms with van der Waals surface area (Å²) >= 11 is 0. The molecular formula is C19H29N3O4S. The first-order chi connectivity index (χ1) is 13.1. The first kappa shape index (κ1) is 20.3. The second-order valence-corrected chi connectivity index (χ2v) is 8.72. The molecule has 0 aromatic heterocycles. The van der Waals surface area contributed by atoms with Gasteiger partial charge in [-0.2, -0.15) is 0 Å². The molecule has 3 aliphatic rings. The Hall–Kier alpha value is -1.47. The van der Waals surface area contributed by atoms with E-state index in [1.807, 2.05) is 6.92 Å². The quantitative estimate of drug-likeness (QED) is 0.547. The highest BCUT2D eigenvalue weighted by Crippen LogP contribution is 2.43. The average molecular weight is 396 g/mol. The van der Waals surface area contributed by atoms with E-state index >= 15 is 0 Å². The third kappa shape index (κ3) is 4.88. The minimum atomic E-state index is -0.639. The van der Waals surface area contributed by atoms with Crippen molar-refractivity contribution in [2.24, 2.45) is 10.9 Å². The van der Waals surface area contributed by atoms with Crippen molar-refractivity contribution in [2.45, 2.75) is 45.1 Å². The number of allylic oxidation sites excluding steroid dienone is 1. The summed E-state index contributed by atoms with van der Waals surface area (Å²) in [5.41, 5.74) is 0.972. The van der Waals surface area contributed by atoms with Crippen molar-refractivity contribution in [3.8, 4) is 0 Å². The van der Waals surface area contributed by atoms with Crippen LogP contribution in [0.3, 0.4) is 0 Å². The van der Waals surface area contributed by atoms with E-state index in [0.29, 0.717) is 12.5 Å². The summed E-state index contributed by atoms with van der Waals surface area (Å²) in [5.74, 6) is 0.148.